The molecule has 4 aromatic heterocycles. The molecule has 0 N–H and O–H groups in total. The molecule has 1 unspecified atom stereocenters. The molecule has 8 aromatic rings. The Bertz CT molecular complexity index is 3170. The van der Waals surface area contributed by atoms with E-state index in [1.807, 2.05) is 66.6 Å². The number of halogens is 2. The van der Waals surface area contributed by atoms with E-state index in [0.29, 0.717) is 25.6 Å². The summed E-state index contributed by atoms with van der Waals surface area (Å²) in [5, 5.41) is 9.37. The minimum atomic E-state index is -0.552. The van der Waals surface area contributed by atoms with Gasteiger partial charge in [0.25, 0.3) is 0 Å². The molecule has 13 rings (SSSR count). The van der Waals surface area contributed by atoms with Crippen molar-refractivity contribution < 1.29 is 18.3 Å². The average Bonchev–Trinajstić information content (AvgIpc) is 4.25. The number of piperidine rings is 2. The third kappa shape index (κ3) is 7.46. The summed E-state index contributed by atoms with van der Waals surface area (Å²) < 4.78 is 51.2. The van der Waals surface area contributed by atoms with E-state index >= 15 is 8.78 Å². The number of anilines is 2. The second-order valence-corrected chi connectivity index (χ2v) is 20.0. The van der Waals surface area contributed by atoms with Crippen LogP contribution in [0.1, 0.15) is 68.4 Å². The molecule has 0 spiro atoms. The molecule has 14 heteroatoms. The zero-order valence-electron chi connectivity index (χ0n) is 38.8. The van der Waals surface area contributed by atoms with Crippen molar-refractivity contribution in [1.29, 1.82) is 0 Å². The highest BCUT2D eigenvalue weighted by Gasteiger charge is 2.41. The lowest BCUT2D eigenvalue weighted by atomic mass is 9.84. The van der Waals surface area contributed by atoms with Crippen molar-refractivity contribution in [2.45, 2.75) is 76.6 Å². The lowest BCUT2D eigenvalue weighted by Crippen LogP contribution is -2.36. The molecule has 5 aliphatic rings. The van der Waals surface area contributed by atoms with Crippen LogP contribution < -0.4 is 9.80 Å². The van der Waals surface area contributed by atoms with Crippen LogP contribution in [-0.2, 0) is 22.6 Å². The molecule has 69 heavy (non-hydrogen) atoms. The maximum atomic E-state index is 16.0. The number of benzene rings is 4. The van der Waals surface area contributed by atoms with Crippen LogP contribution in [0.5, 0.6) is 0 Å². The first kappa shape index (κ1) is 42.2. The number of fused-ring (bicyclic) bond motifs is 6. The molecule has 3 atom stereocenters. The van der Waals surface area contributed by atoms with Crippen molar-refractivity contribution in [2.24, 2.45) is 11.8 Å². The second kappa shape index (κ2) is 16.7. The molecule has 0 bridgehead atoms. The summed E-state index contributed by atoms with van der Waals surface area (Å²) in [7, 11) is 0. The van der Waals surface area contributed by atoms with Gasteiger partial charge in [0.15, 0.2) is 5.79 Å². The Morgan fingerprint density at radius 2 is 1.19 bits per heavy atom. The first-order valence-corrected chi connectivity index (χ1v) is 24.4. The quantitative estimate of drug-likeness (QED) is 0.134. The Kier molecular flexibility index (Phi) is 10.2. The van der Waals surface area contributed by atoms with E-state index < -0.39 is 5.79 Å². The van der Waals surface area contributed by atoms with Crippen LogP contribution in [0, 0.1) is 23.5 Å². The minimum absolute atomic E-state index is 0.0163. The van der Waals surface area contributed by atoms with Gasteiger partial charge in [-0.25, -0.2) is 18.7 Å². The van der Waals surface area contributed by atoms with E-state index in [-0.39, 0.29) is 35.7 Å². The predicted molar refractivity (Wildman–Crippen MR) is 261 cm³/mol. The minimum Gasteiger partial charge on any atom is -0.372 e. The lowest BCUT2D eigenvalue weighted by molar-refractivity contribution is -0.139. The molecule has 0 amide bonds. The maximum absolute atomic E-state index is 16.0. The number of hydrogen-bond acceptors (Lipinski definition) is 8. The summed E-state index contributed by atoms with van der Waals surface area (Å²) in [6.07, 6.45) is 17.4. The number of aromatic nitrogens is 8. The van der Waals surface area contributed by atoms with Crippen LogP contribution >= 0.6 is 0 Å². The summed E-state index contributed by atoms with van der Waals surface area (Å²) in [5.41, 5.74) is 13.1. The van der Waals surface area contributed by atoms with Crippen LogP contribution in [0.4, 0.5) is 20.2 Å². The summed E-state index contributed by atoms with van der Waals surface area (Å²) >= 11 is 0. The van der Waals surface area contributed by atoms with Gasteiger partial charge in [0.2, 0.25) is 0 Å². The van der Waals surface area contributed by atoms with E-state index in [4.69, 9.17) is 19.6 Å². The number of hydrogen-bond donors (Lipinski definition) is 0. The molecule has 4 aromatic carbocycles. The summed E-state index contributed by atoms with van der Waals surface area (Å²) in [6, 6.07) is 28.2. The molecule has 0 radical (unpaired) electrons. The average molecular weight is 925 g/mol. The highest BCUT2D eigenvalue weighted by Crippen LogP contribution is 2.49. The third-order valence-electron chi connectivity index (χ3n) is 15.5. The van der Waals surface area contributed by atoms with Gasteiger partial charge in [-0.3, -0.25) is 9.36 Å². The van der Waals surface area contributed by atoms with Crippen molar-refractivity contribution in [3.63, 3.8) is 0 Å². The van der Waals surface area contributed by atoms with Gasteiger partial charge in [0.1, 0.15) is 17.7 Å². The second-order valence-electron chi connectivity index (χ2n) is 20.0. The molecule has 0 aliphatic carbocycles. The predicted octanol–water partition coefficient (Wildman–Crippen LogP) is 10.3. The number of ether oxygens (including phenoxy) is 2. The smallest absolute Gasteiger partial charge is 0.163 e. The van der Waals surface area contributed by atoms with Crippen molar-refractivity contribution in [3.05, 3.63) is 157 Å². The molecule has 3 saturated heterocycles. The van der Waals surface area contributed by atoms with Crippen molar-refractivity contribution in [1.82, 2.24) is 38.7 Å². The van der Waals surface area contributed by atoms with Gasteiger partial charge in [0, 0.05) is 83.3 Å². The first-order chi connectivity index (χ1) is 33.7. The van der Waals surface area contributed by atoms with Gasteiger partial charge in [-0.1, -0.05) is 48.5 Å². The fraction of sp³-hybridized carbons (Fsp3) is 0.345. The van der Waals surface area contributed by atoms with Crippen LogP contribution in [0.15, 0.2) is 129 Å². The molecule has 9 heterocycles. The molecule has 5 aliphatic heterocycles. The van der Waals surface area contributed by atoms with Gasteiger partial charge >= 0.3 is 0 Å². The molecule has 12 nitrogen and oxygen atoms in total. The van der Waals surface area contributed by atoms with Crippen molar-refractivity contribution in [3.8, 4) is 44.8 Å². The maximum Gasteiger partial charge on any atom is 0.163 e. The summed E-state index contributed by atoms with van der Waals surface area (Å²) in [5.74, 6) is -0.238. The van der Waals surface area contributed by atoms with Gasteiger partial charge < -0.3 is 28.4 Å². The Morgan fingerprint density at radius 3 is 1.80 bits per heavy atom. The van der Waals surface area contributed by atoms with Crippen LogP contribution in [0.2, 0.25) is 0 Å². The zero-order chi connectivity index (χ0) is 46.4. The number of nitrogens with zero attached hydrogens (tertiary/aromatic N) is 10. The Labute approximate surface area is 399 Å². The SMILES string of the molecule is CC1(C)OC[C@H](Cn2cc(-c3ccc(N4CCC(C5c6c(F)cccc6-c6c(Cn7cc(-c8ccc(N9CCC([C@H]%10c%11c(F)cccc%11-c%11cncn%11%10)CC9)cc8)cn7)ncn65)CC4)cc3)cn2)O1. The van der Waals surface area contributed by atoms with Gasteiger partial charge in [0.05, 0.1) is 80.1 Å². The first-order valence-electron chi connectivity index (χ1n) is 24.4. The highest BCUT2D eigenvalue weighted by atomic mass is 19.1. The Hall–Kier alpha value is -6.90. The van der Waals surface area contributed by atoms with E-state index in [0.717, 1.165) is 113 Å². The standard InChI is InChI=1S/C55H54F2N10O2/c1-55(2)68-32-43(69-55)30-64-28-39(25-60-64)35-9-13-42(14-10-35)63-23-19-38(20-24-63)53-51-45(6-4-8-47(51)57)54-48(59-34-67(53)54)31-65-29-40(26-61-65)36-11-15-41(16-12-36)62-21-17-37(18-22-62)52-50-44(5-3-7-46(50)56)49-27-58-33-66(49)52/h3-16,25-29,33-34,37-38,43,52-53H,17-24,30-32H2,1-2H3/t43-,52-,53?/m0/s1. The van der Waals surface area contributed by atoms with E-state index in [2.05, 4.69) is 96.0 Å². The topological polar surface area (TPSA) is 96.2 Å². The zero-order valence-corrected chi connectivity index (χ0v) is 38.8. The largest absolute Gasteiger partial charge is 0.372 e. The van der Waals surface area contributed by atoms with Crippen LogP contribution in [0.25, 0.3) is 44.8 Å². The molecule has 0 saturated carbocycles. The molecule has 350 valence electrons. The van der Waals surface area contributed by atoms with Crippen molar-refractivity contribution >= 4 is 11.4 Å². The Morgan fingerprint density at radius 1 is 0.623 bits per heavy atom. The summed E-state index contributed by atoms with van der Waals surface area (Å²) in [4.78, 5) is 14.2. The number of imidazole rings is 2. The van der Waals surface area contributed by atoms with E-state index in [9.17, 15) is 0 Å². The normalized spacial score (nSPS) is 20.9. The van der Waals surface area contributed by atoms with Crippen molar-refractivity contribution in [2.75, 3.05) is 42.6 Å². The van der Waals surface area contributed by atoms with Gasteiger partial charge in [-0.2, -0.15) is 10.2 Å². The molecular weight excluding hydrogens is 871 g/mol. The monoisotopic (exact) mass is 924 g/mol. The van der Waals surface area contributed by atoms with Gasteiger partial charge in [-0.15, -0.1) is 0 Å². The molecule has 3 fully saturated rings. The van der Waals surface area contributed by atoms with Gasteiger partial charge in [-0.05, 0) is 98.9 Å². The molecular formula is C55H54F2N10O2. The van der Waals surface area contributed by atoms with Crippen LogP contribution in [-0.4, -0.2) is 83.3 Å². The number of rotatable bonds is 10. The van der Waals surface area contributed by atoms with E-state index in [1.165, 1.54) is 11.4 Å². The lowest BCUT2D eigenvalue weighted by Gasteiger charge is -2.37. The fourth-order valence-corrected chi connectivity index (χ4v) is 12.2. The fourth-order valence-electron chi connectivity index (χ4n) is 12.2. The third-order valence-corrected chi connectivity index (χ3v) is 15.5. The Balaban J connectivity index is 0.651. The summed E-state index contributed by atoms with van der Waals surface area (Å²) in [6.45, 7) is 9.16. The van der Waals surface area contributed by atoms with E-state index in [1.54, 1.807) is 18.2 Å². The van der Waals surface area contributed by atoms with Crippen LogP contribution in [0.3, 0.4) is 0 Å². The highest BCUT2D eigenvalue weighted by molar-refractivity contribution is 5.73.